The zero-order valence-electron chi connectivity index (χ0n) is 14.7. The molecule has 0 aliphatic carbocycles. The molecule has 2 heterocycles. The molecule has 2 aromatic carbocycles. The number of pyridine rings is 1. The number of para-hydroxylation sites is 1. The highest BCUT2D eigenvalue weighted by atomic mass is 35.5. The van der Waals surface area contributed by atoms with Crippen molar-refractivity contribution in [1.29, 1.82) is 5.26 Å². The minimum Gasteiger partial charge on any atom is -0.268 e. The number of aromatic nitrogens is 4. The Bertz CT molecular complexity index is 1150. The molecule has 0 spiro atoms. The van der Waals surface area contributed by atoms with Gasteiger partial charge in [-0.1, -0.05) is 53.7 Å². The molecule has 7 heteroatoms. The van der Waals surface area contributed by atoms with Gasteiger partial charge < -0.3 is 0 Å². The Hall–Kier alpha value is -3.14. The predicted molar refractivity (Wildman–Crippen MR) is 110 cm³/mol. The van der Waals surface area contributed by atoms with Crippen LogP contribution in [0.2, 0.25) is 5.02 Å². The first-order chi connectivity index (χ1) is 13.8. The van der Waals surface area contributed by atoms with Crippen LogP contribution in [0.1, 0.15) is 11.1 Å². The second-order valence-corrected chi connectivity index (χ2v) is 7.24. The average Bonchev–Trinajstić information content (AvgIpc) is 3.17. The van der Waals surface area contributed by atoms with Crippen LogP contribution < -0.4 is 0 Å². The molecule has 5 nitrogen and oxygen atoms in total. The molecule has 0 bridgehead atoms. The van der Waals surface area contributed by atoms with Crippen molar-refractivity contribution in [3.05, 3.63) is 89.2 Å². The summed E-state index contributed by atoms with van der Waals surface area (Å²) < 4.78 is 1.94. The molecule has 0 amide bonds. The molecule has 0 aliphatic heterocycles. The van der Waals surface area contributed by atoms with Crippen LogP contribution in [0.25, 0.3) is 17.1 Å². The lowest BCUT2D eigenvalue weighted by atomic mass is 10.1. The maximum Gasteiger partial charge on any atom is 0.196 e. The van der Waals surface area contributed by atoms with Gasteiger partial charge in [0.05, 0.1) is 22.3 Å². The average molecular weight is 404 g/mol. The molecule has 0 saturated carbocycles. The lowest BCUT2D eigenvalue weighted by Gasteiger charge is -2.12. The highest BCUT2D eigenvalue weighted by Gasteiger charge is 2.18. The van der Waals surface area contributed by atoms with Gasteiger partial charge >= 0.3 is 0 Å². The van der Waals surface area contributed by atoms with E-state index in [4.69, 9.17) is 11.6 Å². The van der Waals surface area contributed by atoms with Gasteiger partial charge in [-0.3, -0.25) is 9.55 Å². The third-order valence-electron chi connectivity index (χ3n) is 4.16. The number of nitriles is 1. The minimum atomic E-state index is 0.600. The first kappa shape index (κ1) is 18.2. The van der Waals surface area contributed by atoms with Crippen LogP contribution >= 0.6 is 23.4 Å². The van der Waals surface area contributed by atoms with Crippen LogP contribution in [0.4, 0.5) is 0 Å². The molecule has 28 heavy (non-hydrogen) atoms. The van der Waals surface area contributed by atoms with Crippen LogP contribution in [0.5, 0.6) is 0 Å². The summed E-state index contributed by atoms with van der Waals surface area (Å²) in [6.45, 7) is 0. The summed E-state index contributed by atoms with van der Waals surface area (Å²) in [7, 11) is 0. The van der Waals surface area contributed by atoms with Crippen LogP contribution in [0.15, 0.2) is 78.2 Å². The summed E-state index contributed by atoms with van der Waals surface area (Å²) in [6, 6.07) is 21.2. The summed E-state index contributed by atoms with van der Waals surface area (Å²) in [6.07, 6.45) is 3.44. The Morgan fingerprint density at radius 2 is 1.71 bits per heavy atom. The van der Waals surface area contributed by atoms with E-state index in [0.717, 1.165) is 16.8 Å². The maximum absolute atomic E-state index is 9.32. The predicted octanol–water partition coefficient (Wildman–Crippen LogP) is 5.15. The van der Waals surface area contributed by atoms with Crippen molar-refractivity contribution in [3.8, 4) is 23.1 Å². The molecule has 0 atom stereocenters. The van der Waals surface area contributed by atoms with Gasteiger partial charge in [0.1, 0.15) is 0 Å². The number of hydrogen-bond acceptors (Lipinski definition) is 5. The number of rotatable bonds is 5. The van der Waals surface area contributed by atoms with Crippen LogP contribution in [-0.2, 0) is 5.75 Å². The summed E-state index contributed by atoms with van der Waals surface area (Å²) in [5, 5.41) is 19.4. The zero-order valence-corrected chi connectivity index (χ0v) is 16.2. The van der Waals surface area contributed by atoms with Crippen molar-refractivity contribution < 1.29 is 0 Å². The van der Waals surface area contributed by atoms with E-state index in [1.165, 1.54) is 11.8 Å². The first-order valence-electron chi connectivity index (χ1n) is 8.49. The molecule has 0 fully saturated rings. The number of nitrogens with zero attached hydrogens (tertiary/aromatic N) is 5. The topological polar surface area (TPSA) is 67.4 Å². The third kappa shape index (κ3) is 3.63. The Kier molecular flexibility index (Phi) is 5.38. The smallest absolute Gasteiger partial charge is 0.196 e. The zero-order chi connectivity index (χ0) is 19.3. The van der Waals surface area contributed by atoms with Crippen molar-refractivity contribution in [1.82, 2.24) is 19.7 Å². The molecular formula is C21H14ClN5S. The van der Waals surface area contributed by atoms with Crippen molar-refractivity contribution >= 4 is 23.4 Å². The molecule has 0 aliphatic rings. The van der Waals surface area contributed by atoms with Crippen molar-refractivity contribution in [2.45, 2.75) is 10.9 Å². The molecule has 0 N–H and O–H groups in total. The third-order valence-corrected chi connectivity index (χ3v) is 5.46. The Morgan fingerprint density at radius 3 is 2.50 bits per heavy atom. The minimum absolute atomic E-state index is 0.600. The number of thioether (sulfide) groups is 1. The normalized spacial score (nSPS) is 10.6. The second-order valence-electron chi connectivity index (χ2n) is 5.89. The van der Waals surface area contributed by atoms with E-state index in [2.05, 4.69) is 21.3 Å². The van der Waals surface area contributed by atoms with Crippen LogP contribution in [0.3, 0.4) is 0 Å². The van der Waals surface area contributed by atoms with Crippen LogP contribution in [0, 0.1) is 11.3 Å². The highest BCUT2D eigenvalue weighted by Crippen LogP contribution is 2.32. The van der Waals surface area contributed by atoms with Gasteiger partial charge in [0.15, 0.2) is 11.0 Å². The largest absolute Gasteiger partial charge is 0.268 e. The molecule has 0 saturated heterocycles. The summed E-state index contributed by atoms with van der Waals surface area (Å²) in [5.74, 6) is 1.29. The summed E-state index contributed by atoms with van der Waals surface area (Å²) in [5.41, 5.74) is 3.31. The van der Waals surface area contributed by atoms with E-state index in [-0.39, 0.29) is 0 Å². The molecule has 4 rings (SSSR count). The Morgan fingerprint density at radius 1 is 0.964 bits per heavy atom. The first-order valence-corrected chi connectivity index (χ1v) is 9.86. The van der Waals surface area contributed by atoms with E-state index >= 15 is 0 Å². The fourth-order valence-corrected chi connectivity index (χ4v) is 3.97. The Balaban J connectivity index is 1.77. The summed E-state index contributed by atoms with van der Waals surface area (Å²) >= 11 is 7.98. The Labute approximate surface area is 171 Å². The van der Waals surface area contributed by atoms with E-state index < -0.39 is 0 Å². The van der Waals surface area contributed by atoms with Gasteiger partial charge in [0.25, 0.3) is 0 Å². The summed E-state index contributed by atoms with van der Waals surface area (Å²) in [4.78, 5) is 4.07. The molecule has 136 valence electrons. The number of hydrogen-bond donors (Lipinski definition) is 0. The van der Waals surface area contributed by atoms with Crippen molar-refractivity contribution in [2.24, 2.45) is 0 Å². The lowest BCUT2D eigenvalue weighted by Crippen LogP contribution is -2.01. The maximum atomic E-state index is 9.32. The van der Waals surface area contributed by atoms with Crippen LogP contribution in [-0.4, -0.2) is 19.7 Å². The number of halogens is 1. The molecule has 0 unspecified atom stereocenters. The lowest BCUT2D eigenvalue weighted by molar-refractivity contribution is 0.886. The highest BCUT2D eigenvalue weighted by molar-refractivity contribution is 7.98. The van der Waals surface area contributed by atoms with Gasteiger partial charge in [-0.15, -0.1) is 10.2 Å². The van der Waals surface area contributed by atoms with E-state index in [9.17, 15) is 5.26 Å². The molecular weight excluding hydrogens is 390 g/mol. The molecule has 4 aromatic rings. The van der Waals surface area contributed by atoms with E-state index in [1.807, 2.05) is 65.2 Å². The number of benzene rings is 2. The van der Waals surface area contributed by atoms with Crippen molar-refractivity contribution in [2.75, 3.05) is 0 Å². The fourth-order valence-electron chi connectivity index (χ4n) is 2.80. The van der Waals surface area contributed by atoms with Gasteiger partial charge in [-0.05, 0) is 35.9 Å². The molecule has 0 radical (unpaired) electrons. The SMILES string of the molecule is N#Cc1ccccc1CSc1nnc(-c2ccncc2)n1-c1ccccc1Cl. The standard InChI is InChI=1S/C21H14ClN5S/c22-18-7-3-4-8-19(18)27-20(15-9-11-24-12-10-15)25-26-21(27)28-14-17-6-2-1-5-16(17)13-23/h1-12H,14H2. The second kappa shape index (κ2) is 8.26. The van der Waals surface area contributed by atoms with E-state index in [0.29, 0.717) is 27.3 Å². The fraction of sp³-hybridized carbons (Fsp3) is 0.0476. The quantitative estimate of drug-likeness (QED) is 0.431. The monoisotopic (exact) mass is 403 g/mol. The molecule has 2 aromatic heterocycles. The van der Waals surface area contributed by atoms with Crippen molar-refractivity contribution in [3.63, 3.8) is 0 Å². The van der Waals surface area contributed by atoms with Gasteiger partial charge in [-0.25, -0.2) is 0 Å². The van der Waals surface area contributed by atoms with E-state index in [1.54, 1.807) is 12.4 Å². The van der Waals surface area contributed by atoms with Gasteiger partial charge in [-0.2, -0.15) is 5.26 Å². The van der Waals surface area contributed by atoms with Gasteiger partial charge in [0, 0.05) is 23.7 Å². The van der Waals surface area contributed by atoms with Gasteiger partial charge in [0.2, 0.25) is 0 Å².